The van der Waals surface area contributed by atoms with E-state index in [4.69, 9.17) is 0 Å². The second kappa shape index (κ2) is 5.28. The molecule has 2 fully saturated rings. The zero-order valence-electron chi connectivity index (χ0n) is 11.2. The van der Waals surface area contributed by atoms with Crippen molar-refractivity contribution in [1.29, 1.82) is 0 Å². The van der Waals surface area contributed by atoms with Crippen molar-refractivity contribution in [3.63, 3.8) is 0 Å². The van der Waals surface area contributed by atoms with Gasteiger partial charge in [-0.25, -0.2) is 4.39 Å². The summed E-state index contributed by atoms with van der Waals surface area (Å²) in [7, 11) is 0. The molecule has 2 bridgehead atoms. The minimum absolute atomic E-state index is 0.210. The van der Waals surface area contributed by atoms with E-state index in [0.29, 0.717) is 22.7 Å². The van der Waals surface area contributed by atoms with Gasteiger partial charge >= 0.3 is 0 Å². The van der Waals surface area contributed by atoms with Crippen LogP contribution in [0.3, 0.4) is 0 Å². The Balaban J connectivity index is 1.69. The first kappa shape index (κ1) is 13.2. The van der Waals surface area contributed by atoms with Gasteiger partial charge in [0, 0.05) is 22.8 Å². The zero-order valence-corrected chi connectivity index (χ0v) is 12.0. The van der Waals surface area contributed by atoms with Gasteiger partial charge in [0.1, 0.15) is 11.6 Å². The molecule has 1 aromatic rings. The summed E-state index contributed by atoms with van der Waals surface area (Å²) in [5.74, 6) is 0.278. The van der Waals surface area contributed by atoms with Crippen molar-refractivity contribution in [3.05, 3.63) is 35.1 Å². The first-order valence-electron chi connectivity index (χ1n) is 7.05. The van der Waals surface area contributed by atoms with Crippen molar-refractivity contribution in [2.75, 3.05) is 0 Å². The highest BCUT2D eigenvalue weighted by Crippen LogP contribution is 2.46. The number of halogens is 1. The molecular weight excluding hydrogens is 259 g/mol. The van der Waals surface area contributed by atoms with Crippen LogP contribution >= 0.6 is 11.8 Å². The molecule has 102 valence electrons. The summed E-state index contributed by atoms with van der Waals surface area (Å²) in [6.07, 6.45) is 5.03. The molecule has 2 atom stereocenters. The summed E-state index contributed by atoms with van der Waals surface area (Å²) in [6.45, 7) is 1.95. The Morgan fingerprint density at radius 2 is 2.00 bits per heavy atom. The van der Waals surface area contributed by atoms with Crippen LogP contribution in [0.5, 0.6) is 0 Å². The molecule has 1 aromatic carbocycles. The predicted octanol–water partition coefficient (Wildman–Crippen LogP) is 3.92. The quantitative estimate of drug-likeness (QED) is 0.833. The molecule has 0 amide bonds. The summed E-state index contributed by atoms with van der Waals surface area (Å²) in [4.78, 5) is 12.4. The fraction of sp³-hybridized carbons (Fsp3) is 0.562. The number of hydrogen-bond donors (Lipinski definition) is 0. The highest BCUT2D eigenvalue weighted by Gasteiger charge is 2.37. The number of hydrogen-bond acceptors (Lipinski definition) is 2. The maximum Gasteiger partial charge on any atom is 0.140 e. The van der Waals surface area contributed by atoms with Crippen molar-refractivity contribution < 1.29 is 9.18 Å². The molecule has 2 aliphatic heterocycles. The number of benzene rings is 1. The van der Waals surface area contributed by atoms with Gasteiger partial charge in [0.05, 0.1) is 0 Å². The van der Waals surface area contributed by atoms with Crippen molar-refractivity contribution in [1.82, 2.24) is 0 Å². The van der Waals surface area contributed by atoms with E-state index in [9.17, 15) is 9.18 Å². The molecule has 0 spiro atoms. The Hall–Kier alpha value is -0.830. The number of thioether (sulfide) groups is 1. The van der Waals surface area contributed by atoms with Crippen molar-refractivity contribution in [3.8, 4) is 0 Å². The average molecular weight is 278 g/mol. The highest BCUT2D eigenvalue weighted by atomic mass is 32.2. The second-order valence-corrected chi connectivity index (χ2v) is 7.45. The number of ketones is 1. The summed E-state index contributed by atoms with van der Waals surface area (Å²) in [6, 6.07) is 4.73. The Morgan fingerprint density at radius 1 is 1.32 bits per heavy atom. The maximum absolute atomic E-state index is 13.3. The standard InChI is InChI=1S/C16H19FOS/c1-10-2-3-13(17)6-11(10)9-16(18)12-7-14-4-5-15(8-12)19-14/h2-3,6,12,14-15H,4-5,7-9H2,1H3. The van der Waals surface area contributed by atoms with Crippen LogP contribution in [0.1, 0.15) is 36.8 Å². The van der Waals surface area contributed by atoms with E-state index in [2.05, 4.69) is 11.8 Å². The van der Waals surface area contributed by atoms with Crippen LogP contribution in [0.4, 0.5) is 4.39 Å². The van der Waals surface area contributed by atoms with Crippen LogP contribution in [0, 0.1) is 18.7 Å². The number of Topliss-reactive ketones (excluding diaryl/α,β-unsaturated/α-hetero) is 1. The van der Waals surface area contributed by atoms with E-state index in [1.165, 1.54) is 25.0 Å². The van der Waals surface area contributed by atoms with E-state index in [-0.39, 0.29) is 11.7 Å². The number of fused-ring (bicyclic) bond motifs is 2. The molecule has 2 heterocycles. The number of aryl methyl sites for hydroxylation is 1. The van der Waals surface area contributed by atoms with Gasteiger partial charge in [0.15, 0.2) is 0 Å². The third-order valence-electron chi connectivity index (χ3n) is 4.42. The highest BCUT2D eigenvalue weighted by molar-refractivity contribution is 8.00. The molecule has 3 heteroatoms. The summed E-state index contributed by atoms with van der Waals surface area (Å²) in [5, 5.41) is 1.39. The third-order valence-corrected chi connectivity index (χ3v) is 6.05. The zero-order chi connectivity index (χ0) is 13.4. The van der Waals surface area contributed by atoms with Gasteiger partial charge in [-0.05, 0) is 55.9 Å². The first-order valence-corrected chi connectivity index (χ1v) is 7.99. The van der Waals surface area contributed by atoms with Crippen LogP contribution in [-0.4, -0.2) is 16.3 Å². The molecule has 2 saturated heterocycles. The lowest BCUT2D eigenvalue weighted by molar-refractivity contribution is -0.122. The number of rotatable bonds is 3. The molecule has 0 N–H and O–H groups in total. The minimum Gasteiger partial charge on any atom is -0.299 e. The van der Waals surface area contributed by atoms with Crippen LogP contribution < -0.4 is 0 Å². The van der Waals surface area contributed by atoms with Gasteiger partial charge in [-0.3, -0.25) is 4.79 Å². The summed E-state index contributed by atoms with van der Waals surface area (Å²) in [5.41, 5.74) is 1.87. The third kappa shape index (κ3) is 2.86. The van der Waals surface area contributed by atoms with Gasteiger partial charge < -0.3 is 0 Å². The Bertz CT molecular complexity index is 488. The van der Waals surface area contributed by atoms with Crippen LogP contribution in [0.15, 0.2) is 18.2 Å². The second-order valence-electron chi connectivity index (χ2n) is 5.84. The molecule has 19 heavy (non-hydrogen) atoms. The molecule has 2 unspecified atom stereocenters. The predicted molar refractivity (Wildman–Crippen MR) is 77.0 cm³/mol. The average Bonchev–Trinajstić information content (AvgIpc) is 2.72. The van der Waals surface area contributed by atoms with Gasteiger partial charge in [-0.15, -0.1) is 0 Å². The van der Waals surface area contributed by atoms with E-state index in [1.807, 2.05) is 6.92 Å². The van der Waals surface area contributed by atoms with Gasteiger partial charge in [-0.2, -0.15) is 11.8 Å². The molecule has 0 radical (unpaired) electrons. The topological polar surface area (TPSA) is 17.1 Å². The van der Waals surface area contributed by atoms with Gasteiger partial charge in [0.25, 0.3) is 0 Å². The molecule has 3 rings (SSSR count). The molecule has 1 nitrogen and oxygen atoms in total. The smallest absolute Gasteiger partial charge is 0.140 e. The number of carbonyl (C=O) groups is 1. The van der Waals surface area contributed by atoms with Crippen molar-refractivity contribution in [2.45, 2.75) is 49.5 Å². The fourth-order valence-electron chi connectivity index (χ4n) is 3.28. The lowest BCUT2D eigenvalue weighted by Gasteiger charge is -2.26. The first-order chi connectivity index (χ1) is 9.11. The monoisotopic (exact) mass is 278 g/mol. The van der Waals surface area contributed by atoms with Crippen LogP contribution in [-0.2, 0) is 11.2 Å². The lowest BCUT2D eigenvalue weighted by atomic mass is 9.90. The van der Waals surface area contributed by atoms with E-state index in [1.54, 1.807) is 6.07 Å². The van der Waals surface area contributed by atoms with E-state index in [0.717, 1.165) is 24.0 Å². The minimum atomic E-state index is -0.243. The molecule has 0 aromatic heterocycles. The summed E-state index contributed by atoms with van der Waals surface area (Å²) >= 11 is 2.07. The molecule has 0 aliphatic carbocycles. The van der Waals surface area contributed by atoms with Crippen LogP contribution in [0.2, 0.25) is 0 Å². The maximum atomic E-state index is 13.3. The Kier molecular flexibility index (Phi) is 3.66. The van der Waals surface area contributed by atoms with E-state index < -0.39 is 0 Å². The molecule has 0 saturated carbocycles. The normalized spacial score (nSPS) is 29.5. The number of carbonyl (C=O) groups excluding carboxylic acids is 1. The summed E-state index contributed by atoms with van der Waals surface area (Å²) < 4.78 is 13.3. The Labute approximate surface area is 118 Å². The van der Waals surface area contributed by atoms with Gasteiger partial charge in [-0.1, -0.05) is 6.07 Å². The lowest BCUT2D eigenvalue weighted by Crippen LogP contribution is -2.26. The molecular formula is C16H19FOS. The van der Waals surface area contributed by atoms with Gasteiger partial charge in [0.2, 0.25) is 0 Å². The van der Waals surface area contributed by atoms with Crippen molar-refractivity contribution >= 4 is 17.5 Å². The largest absolute Gasteiger partial charge is 0.299 e. The fourth-order valence-corrected chi connectivity index (χ4v) is 5.06. The SMILES string of the molecule is Cc1ccc(F)cc1CC(=O)C1CC2CCC(C1)S2. The van der Waals surface area contributed by atoms with Crippen LogP contribution in [0.25, 0.3) is 0 Å². The van der Waals surface area contributed by atoms with Crippen molar-refractivity contribution in [2.24, 2.45) is 5.92 Å². The Morgan fingerprint density at radius 3 is 2.68 bits per heavy atom. The van der Waals surface area contributed by atoms with E-state index >= 15 is 0 Å². The molecule has 2 aliphatic rings.